The smallest absolute Gasteiger partial charge is 0.216 e. The van der Waals surface area contributed by atoms with Crippen molar-refractivity contribution in [1.82, 2.24) is 0 Å². The van der Waals surface area contributed by atoms with E-state index in [0.29, 0.717) is 39.6 Å². The van der Waals surface area contributed by atoms with E-state index in [1.54, 1.807) is 0 Å². The van der Waals surface area contributed by atoms with Gasteiger partial charge in [0.25, 0.3) is 0 Å². The van der Waals surface area contributed by atoms with E-state index in [-0.39, 0.29) is 0 Å². The maximum Gasteiger partial charge on any atom is 0.216 e. The first-order valence-corrected chi connectivity index (χ1v) is 3.85. The zero-order valence-corrected chi connectivity index (χ0v) is 6.38. The molecule has 64 valence electrons. The molecule has 4 heteroatoms. The normalized spacial score (nSPS) is 30.5. The quantitative estimate of drug-likeness (QED) is 0.490. The standard InChI is InChI=1S/C7H12O4/c1-3-10-7(5-8-1)6-9-2-4-11-7/h1-6H2. The summed E-state index contributed by atoms with van der Waals surface area (Å²) in [5.41, 5.74) is 0. The number of hydrogen-bond acceptors (Lipinski definition) is 4. The molecular weight excluding hydrogens is 148 g/mol. The highest BCUT2D eigenvalue weighted by Gasteiger charge is 2.37. The molecule has 2 heterocycles. The molecule has 0 saturated carbocycles. The lowest BCUT2D eigenvalue weighted by Gasteiger charge is -2.38. The van der Waals surface area contributed by atoms with E-state index in [9.17, 15) is 0 Å². The van der Waals surface area contributed by atoms with E-state index in [4.69, 9.17) is 18.9 Å². The maximum absolute atomic E-state index is 5.43. The van der Waals surface area contributed by atoms with Crippen LogP contribution >= 0.6 is 0 Å². The Labute approximate surface area is 65.4 Å². The minimum absolute atomic E-state index is 0.493. The highest BCUT2D eigenvalue weighted by Crippen LogP contribution is 2.20. The van der Waals surface area contributed by atoms with Gasteiger partial charge in [0.15, 0.2) is 0 Å². The van der Waals surface area contributed by atoms with Crippen LogP contribution in [0, 0.1) is 0 Å². The van der Waals surface area contributed by atoms with Gasteiger partial charge in [0, 0.05) is 0 Å². The van der Waals surface area contributed by atoms with E-state index in [2.05, 4.69) is 0 Å². The Morgan fingerprint density at radius 1 is 0.727 bits per heavy atom. The van der Waals surface area contributed by atoms with Gasteiger partial charge in [0.05, 0.1) is 26.4 Å². The van der Waals surface area contributed by atoms with Crippen molar-refractivity contribution in [1.29, 1.82) is 0 Å². The molecule has 2 fully saturated rings. The van der Waals surface area contributed by atoms with Crippen LogP contribution in [0.1, 0.15) is 0 Å². The average Bonchev–Trinajstić information content (AvgIpc) is 2.07. The zero-order chi connectivity index (χ0) is 7.57. The SMILES string of the molecule is C1COC2(CO1)COCCO2. The molecule has 11 heavy (non-hydrogen) atoms. The minimum atomic E-state index is -0.587. The van der Waals surface area contributed by atoms with Crippen LogP contribution < -0.4 is 0 Å². The van der Waals surface area contributed by atoms with E-state index < -0.39 is 5.79 Å². The van der Waals surface area contributed by atoms with Crippen LogP contribution in [0.2, 0.25) is 0 Å². The van der Waals surface area contributed by atoms with Gasteiger partial charge in [-0.3, -0.25) is 0 Å². The summed E-state index contributed by atoms with van der Waals surface area (Å²) >= 11 is 0. The van der Waals surface area contributed by atoms with Crippen LogP contribution in [0.25, 0.3) is 0 Å². The molecule has 0 unspecified atom stereocenters. The van der Waals surface area contributed by atoms with Gasteiger partial charge >= 0.3 is 0 Å². The zero-order valence-electron chi connectivity index (χ0n) is 6.38. The molecule has 0 aromatic rings. The first-order chi connectivity index (χ1) is 5.41. The van der Waals surface area contributed by atoms with Crippen LogP contribution in [0.4, 0.5) is 0 Å². The lowest BCUT2D eigenvalue weighted by molar-refractivity contribution is -0.333. The van der Waals surface area contributed by atoms with Gasteiger partial charge < -0.3 is 18.9 Å². The summed E-state index contributed by atoms with van der Waals surface area (Å²) in [5.74, 6) is -0.587. The molecule has 0 aliphatic carbocycles. The summed E-state index contributed by atoms with van der Waals surface area (Å²) in [5, 5.41) is 0. The largest absolute Gasteiger partial charge is 0.373 e. The van der Waals surface area contributed by atoms with Gasteiger partial charge in [-0.15, -0.1) is 0 Å². The Morgan fingerprint density at radius 3 is 1.64 bits per heavy atom. The van der Waals surface area contributed by atoms with Gasteiger partial charge in [-0.05, 0) is 0 Å². The third-order valence-corrected chi connectivity index (χ3v) is 1.83. The highest BCUT2D eigenvalue weighted by molar-refractivity contribution is 4.74. The average molecular weight is 160 g/mol. The summed E-state index contributed by atoms with van der Waals surface area (Å²) in [6, 6.07) is 0. The molecule has 2 aliphatic heterocycles. The number of hydrogen-bond donors (Lipinski definition) is 0. The predicted molar refractivity (Wildman–Crippen MR) is 36.3 cm³/mol. The number of ether oxygens (including phenoxy) is 4. The third-order valence-electron chi connectivity index (χ3n) is 1.83. The topological polar surface area (TPSA) is 36.9 Å². The molecule has 2 aliphatic rings. The van der Waals surface area contributed by atoms with Crippen molar-refractivity contribution in [3.05, 3.63) is 0 Å². The van der Waals surface area contributed by atoms with Crippen molar-refractivity contribution in [3.8, 4) is 0 Å². The van der Waals surface area contributed by atoms with E-state index in [1.807, 2.05) is 0 Å². The summed E-state index contributed by atoms with van der Waals surface area (Å²) < 4.78 is 21.3. The summed E-state index contributed by atoms with van der Waals surface area (Å²) in [6.07, 6.45) is 0. The predicted octanol–water partition coefficient (Wildman–Crippen LogP) is -0.224. The van der Waals surface area contributed by atoms with Gasteiger partial charge in [-0.25, -0.2) is 0 Å². The van der Waals surface area contributed by atoms with Gasteiger partial charge in [-0.1, -0.05) is 0 Å². The summed E-state index contributed by atoms with van der Waals surface area (Å²) in [6.45, 7) is 3.50. The molecule has 2 rings (SSSR count). The lowest BCUT2D eigenvalue weighted by atomic mass is 10.3. The maximum atomic E-state index is 5.43. The molecule has 1 spiro atoms. The van der Waals surface area contributed by atoms with Crippen LogP contribution in [-0.4, -0.2) is 45.4 Å². The van der Waals surface area contributed by atoms with Crippen molar-refractivity contribution >= 4 is 0 Å². The second-order valence-corrected chi connectivity index (χ2v) is 2.71. The van der Waals surface area contributed by atoms with Crippen molar-refractivity contribution in [2.24, 2.45) is 0 Å². The van der Waals surface area contributed by atoms with Crippen LogP contribution in [-0.2, 0) is 18.9 Å². The van der Waals surface area contributed by atoms with Gasteiger partial charge in [-0.2, -0.15) is 0 Å². The van der Waals surface area contributed by atoms with Crippen molar-refractivity contribution in [3.63, 3.8) is 0 Å². The monoisotopic (exact) mass is 160 g/mol. The van der Waals surface area contributed by atoms with Crippen molar-refractivity contribution in [2.75, 3.05) is 39.6 Å². The van der Waals surface area contributed by atoms with Crippen LogP contribution in [0.3, 0.4) is 0 Å². The number of rotatable bonds is 0. The fourth-order valence-corrected chi connectivity index (χ4v) is 1.28. The van der Waals surface area contributed by atoms with E-state index in [1.165, 1.54) is 0 Å². The minimum Gasteiger partial charge on any atom is -0.373 e. The second-order valence-electron chi connectivity index (χ2n) is 2.71. The second kappa shape index (κ2) is 3.06. The van der Waals surface area contributed by atoms with Crippen molar-refractivity contribution in [2.45, 2.75) is 5.79 Å². The molecule has 0 aromatic heterocycles. The highest BCUT2D eigenvalue weighted by atomic mass is 16.8. The third kappa shape index (κ3) is 1.54. The Balaban J connectivity index is 1.94. The molecule has 2 saturated heterocycles. The van der Waals surface area contributed by atoms with Crippen LogP contribution in [0.15, 0.2) is 0 Å². The first-order valence-electron chi connectivity index (χ1n) is 3.85. The van der Waals surface area contributed by atoms with Gasteiger partial charge in [0.1, 0.15) is 13.2 Å². The van der Waals surface area contributed by atoms with Crippen LogP contribution in [0.5, 0.6) is 0 Å². The molecule has 0 amide bonds. The fraction of sp³-hybridized carbons (Fsp3) is 1.00. The Kier molecular flexibility index (Phi) is 2.09. The molecule has 0 radical (unpaired) electrons. The molecule has 4 nitrogen and oxygen atoms in total. The Morgan fingerprint density at radius 2 is 1.27 bits per heavy atom. The Bertz CT molecular complexity index is 105. The first kappa shape index (κ1) is 7.49. The summed E-state index contributed by atoms with van der Waals surface area (Å²) in [4.78, 5) is 0. The lowest BCUT2D eigenvalue weighted by Crippen LogP contribution is -2.52. The molecule has 0 N–H and O–H groups in total. The molecule has 0 atom stereocenters. The molecular formula is C7H12O4. The van der Waals surface area contributed by atoms with Crippen molar-refractivity contribution < 1.29 is 18.9 Å². The van der Waals surface area contributed by atoms with Gasteiger partial charge in [0.2, 0.25) is 5.79 Å². The van der Waals surface area contributed by atoms with E-state index >= 15 is 0 Å². The summed E-state index contributed by atoms with van der Waals surface area (Å²) in [7, 11) is 0. The van der Waals surface area contributed by atoms with E-state index in [0.717, 1.165) is 0 Å². The fourth-order valence-electron chi connectivity index (χ4n) is 1.28. The Hall–Kier alpha value is -0.160. The molecule has 0 aromatic carbocycles. The molecule has 0 bridgehead atoms.